The molecule has 0 saturated carbocycles. The highest BCUT2D eigenvalue weighted by molar-refractivity contribution is 6.32. The molecule has 0 spiro atoms. The summed E-state index contributed by atoms with van der Waals surface area (Å²) in [4.78, 5) is 34.4. The third-order valence-corrected chi connectivity index (χ3v) is 8.18. The minimum absolute atomic E-state index is 0.180. The van der Waals surface area contributed by atoms with Gasteiger partial charge in [-0.1, -0.05) is 41.9 Å². The molecule has 1 aromatic heterocycles. The first-order valence-electron chi connectivity index (χ1n) is 13.2. The summed E-state index contributed by atoms with van der Waals surface area (Å²) in [7, 11) is 3.32. The number of anilines is 1. The molecule has 0 unspecified atom stereocenters. The van der Waals surface area contributed by atoms with Gasteiger partial charge in [0.2, 0.25) is 0 Å². The van der Waals surface area contributed by atoms with Crippen molar-refractivity contribution in [1.82, 2.24) is 14.8 Å². The van der Waals surface area contributed by atoms with Crippen molar-refractivity contribution in [3.63, 3.8) is 0 Å². The first-order valence-corrected chi connectivity index (χ1v) is 13.6. The highest BCUT2D eigenvalue weighted by atomic mass is 35.5. The standard InChI is InChI=1S/C28H34ClF3N4O3/c1-34(2)25(37)22-8-9-23(33-24(22)29)35-14-10-19(11-15-35)18-20-12-16-36(17-13-20)26(38)27(39,28(30,31)32)21-6-4-3-5-7-21/h3-9,19-20,39H,10-18H2,1-2H3/t27-/m1/s1. The SMILES string of the molecule is CN(C)C(=O)c1ccc(N2CCC(CC3CCN(C(=O)[C@](O)(c4ccccc4)C(F)(F)F)CC3)CC2)nc1Cl. The molecule has 39 heavy (non-hydrogen) atoms. The van der Waals surface area contributed by atoms with Crippen LogP contribution in [0.25, 0.3) is 0 Å². The fourth-order valence-corrected chi connectivity index (χ4v) is 5.79. The van der Waals surface area contributed by atoms with E-state index >= 15 is 0 Å². The summed E-state index contributed by atoms with van der Waals surface area (Å²) in [5.41, 5.74) is -3.66. The van der Waals surface area contributed by atoms with E-state index in [4.69, 9.17) is 11.6 Å². The van der Waals surface area contributed by atoms with Gasteiger partial charge in [0, 0.05) is 45.8 Å². The van der Waals surface area contributed by atoms with Crippen LogP contribution in [0.1, 0.15) is 48.0 Å². The summed E-state index contributed by atoms with van der Waals surface area (Å²) < 4.78 is 41.7. The molecule has 4 rings (SSSR count). The van der Waals surface area contributed by atoms with Crippen molar-refractivity contribution in [1.29, 1.82) is 0 Å². The lowest BCUT2D eigenvalue weighted by atomic mass is 9.82. The van der Waals surface area contributed by atoms with Crippen LogP contribution in [0.3, 0.4) is 0 Å². The van der Waals surface area contributed by atoms with E-state index in [-0.39, 0.29) is 24.1 Å². The molecule has 0 bridgehead atoms. The number of aromatic nitrogens is 1. The third kappa shape index (κ3) is 6.17. The van der Waals surface area contributed by atoms with Crippen molar-refractivity contribution < 1.29 is 27.9 Å². The number of hydrogen-bond donors (Lipinski definition) is 1. The molecule has 2 amide bonds. The molecule has 1 N–H and O–H groups in total. The van der Waals surface area contributed by atoms with Crippen LogP contribution in [0, 0.1) is 11.8 Å². The number of halogens is 4. The predicted molar refractivity (Wildman–Crippen MR) is 143 cm³/mol. The molecule has 1 atom stereocenters. The van der Waals surface area contributed by atoms with Gasteiger partial charge in [0.15, 0.2) is 0 Å². The van der Waals surface area contributed by atoms with Crippen molar-refractivity contribution in [2.75, 3.05) is 45.2 Å². The van der Waals surface area contributed by atoms with Gasteiger partial charge in [0.25, 0.3) is 17.4 Å². The zero-order valence-electron chi connectivity index (χ0n) is 22.1. The fourth-order valence-electron chi connectivity index (χ4n) is 5.56. The average molecular weight is 567 g/mol. The Morgan fingerprint density at radius 2 is 1.54 bits per heavy atom. The Balaban J connectivity index is 1.29. The molecule has 2 aliphatic rings. The van der Waals surface area contributed by atoms with Gasteiger partial charge in [-0.15, -0.1) is 0 Å². The van der Waals surface area contributed by atoms with Crippen molar-refractivity contribution in [2.24, 2.45) is 11.8 Å². The Hall–Kier alpha value is -2.85. The van der Waals surface area contributed by atoms with Gasteiger partial charge in [-0.2, -0.15) is 13.2 Å². The summed E-state index contributed by atoms with van der Waals surface area (Å²) in [6.07, 6.45) is -1.09. The Labute approximate surface area is 231 Å². The second-order valence-corrected chi connectivity index (χ2v) is 11.0. The van der Waals surface area contributed by atoms with E-state index in [1.54, 1.807) is 20.2 Å². The number of likely N-dealkylation sites (tertiary alicyclic amines) is 1. The molecule has 1 aromatic carbocycles. The number of rotatable bonds is 6. The van der Waals surface area contributed by atoms with Crippen LogP contribution < -0.4 is 4.90 Å². The summed E-state index contributed by atoms with van der Waals surface area (Å²) >= 11 is 6.28. The Kier molecular flexibility index (Phi) is 8.75. The molecule has 7 nitrogen and oxygen atoms in total. The number of carbonyl (C=O) groups is 2. The maximum atomic E-state index is 13.9. The van der Waals surface area contributed by atoms with E-state index in [1.807, 2.05) is 6.07 Å². The average Bonchev–Trinajstić information content (AvgIpc) is 2.92. The van der Waals surface area contributed by atoms with E-state index < -0.39 is 23.2 Å². The summed E-state index contributed by atoms with van der Waals surface area (Å²) in [6, 6.07) is 10.1. The lowest BCUT2D eigenvalue weighted by Crippen LogP contribution is -2.57. The minimum atomic E-state index is -5.13. The zero-order chi connectivity index (χ0) is 28.4. The van der Waals surface area contributed by atoms with Crippen LogP contribution in [0.5, 0.6) is 0 Å². The number of benzene rings is 1. The summed E-state index contributed by atoms with van der Waals surface area (Å²) in [6.45, 7) is 1.96. The maximum Gasteiger partial charge on any atom is 0.430 e. The molecule has 11 heteroatoms. The van der Waals surface area contributed by atoms with Gasteiger partial charge in [0.1, 0.15) is 11.0 Å². The van der Waals surface area contributed by atoms with Gasteiger partial charge in [0.05, 0.1) is 5.56 Å². The number of hydrogen-bond acceptors (Lipinski definition) is 5. The van der Waals surface area contributed by atoms with Crippen LogP contribution in [-0.4, -0.2) is 78.2 Å². The monoisotopic (exact) mass is 566 g/mol. The predicted octanol–water partition coefficient (Wildman–Crippen LogP) is 4.73. The Morgan fingerprint density at radius 1 is 0.974 bits per heavy atom. The molecule has 2 aliphatic heterocycles. The normalized spacial score (nSPS) is 19.1. The van der Waals surface area contributed by atoms with E-state index in [9.17, 15) is 27.9 Å². The Morgan fingerprint density at radius 3 is 2.05 bits per heavy atom. The molecule has 3 heterocycles. The van der Waals surface area contributed by atoms with E-state index in [2.05, 4.69) is 9.88 Å². The molecule has 2 aromatic rings. The molecule has 2 fully saturated rings. The second-order valence-electron chi connectivity index (χ2n) is 10.7. The van der Waals surface area contributed by atoms with E-state index in [0.29, 0.717) is 30.2 Å². The van der Waals surface area contributed by atoms with Gasteiger partial charge in [-0.3, -0.25) is 9.59 Å². The van der Waals surface area contributed by atoms with Gasteiger partial charge in [-0.25, -0.2) is 4.98 Å². The molecule has 0 aliphatic carbocycles. The van der Waals surface area contributed by atoms with Crippen molar-refractivity contribution in [3.05, 3.63) is 58.7 Å². The zero-order valence-corrected chi connectivity index (χ0v) is 22.9. The highest BCUT2D eigenvalue weighted by Gasteiger charge is 2.62. The maximum absolute atomic E-state index is 13.9. The number of pyridine rings is 1. The minimum Gasteiger partial charge on any atom is -0.369 e. The molecular weight excluding hydrogens is 533 g/mol. The molecule has 0 radical (unpaired) electrons. The second kappa shape index (κ2) is 11.7. The molecular formula is C28H34ClF3N4O3. The van der Waals surface area contributed by atoms with Gasteiger partial charge >= 0.3 is 6.18 Å². The highest BCUT2D eigenvalue weighted by Crippen LogP contribution is 2.41. The molecule has 2 saturated heterocycles. The molecule has 212 valence electrons. The van der Waals surface area contributed by atoms with E-state index in [0.717, 1.165) is 55.2 Å². The van der Waals surface area contributed by atoms with Gasteiger partial charge in [-0.05, 0) is 56.1 Å². The van der Waals surface area contributed by atoms with Crippen LogP contribution in [-0.2, 0) is 10.4 Å². The van der Waals surface area contributed by atoms with Crippen LogP contribution in [0.15, 0.2) is 42.5 Å². The van der Waals surface area contributed by atoms with Crippen molar-refractivity contribution >= 4 is 29.2 Å². The largest absolute Gasteiger partial charge is 0.430 e. The number of aliphatic hydroxyl groups is 1. The number of piperidine rings is 2. The van der Waals surface area contributed by atoms with Crippen LogP contribution in [0.2, 0.25) is 5.15 Å². The first kappa shape index (κ1) is 29.1. The van der Waals surface area contributed by atoms with Crippen molar-refractivity contribution in [2.45, 2.75) is 43.9 Å². The smallest absolute Gasteiger partial charge is 0.369 e. The number of amides is 2. The summed E-state index contributed by atoms with van der Waals surface area (Å²) in [5, 5.41) is 10.8. The topological polar surface area (TPSA) is 77.0 Å². The summed E-state index contributed by atoms with van der Waals surface area (Å²) in [5.74, 6) is 0.00224. The lowest BCUT2D eigenvalue weighted by molar-refractivity contribution is -0.262. The third-order valence-electron chi connectivity index (χ3n) is 7.89. The number of alkyl halides is 3. The number of nitrogens with zero attached hydrogens (tertiary/aromatic N) is 4. The Bertz CT molecular complexity index is 1160. The number of carbonyl (C=O) groups excluding carboxylic acids is 2. The van der Waals surface area contributed by atoms with Crippen LogP contribution >= 0.6 is 11.6 Å². The van der Waals surface area contributed by atoms with Crippen LogP contribution in [0.4, 0.5) is 19.0 Å². The lowest BCUT2D eigenvalue weighted by Gasteiger charge is -2.40. The fraction of sp³-hybridized carbons (Fsp3) is 0.536. The van der Waals surface area contributed by atoms with Crippen molar-refractivity contribution in [3.8, 4) is 0 Å². The quantitative estimate of drug-likeness (QED) is 0.512. The van der Waals surface area contributed by atoms with Gasteiger partial charge < -0.3 is 19.8 Å². The first-order chi connectivity index (χ1) is 18.4. The van der Waals surface area contributed by atoms with E-state index in [1.165, 1.54) is 23.1 Å².